The molecule has 0 bridgehead atoms. The molecule has 89 heavy (non-hydrogen) atoms. The summed E-state index contributed by atoms with van der Waals surface area (Å²) in [5.74, 6) is -1.33. The number of esters is 4. The Labute approximate surface area is 543 Å². The number of carbonyl (C=O) groups excluding carboxylic acids is 4. The second kappa shape index (κ2) is 63.5. The molecule has 0 saturated carbocycles. The molecule has 3 N–H and O–H groups in total. The fourth-order valence-corrected chi connectivity index (χ4v) is 12.2. The molecule has 0 aliphatic rings. The van der Waals surface area contributed by atoms with Crippen molar-refractivity contribution in [2.75, 3.05) is 39.6 Å². The highest BCUT2D eigenvalue weighted by molar-refractivity contribution is 7.47. The van der Waals surface area contributed by atoms with Gasteiger partial charge in [-0.15, -0.1) is 0 Å². The number of carbonyl (C=O) groups is 4. The van der Waals surface area contributed by atoms with Crippen molar-refractivity contribution in [3.05, 3.63) is 0 Å². The van der Waals surface area contributed by atoms with Crippen LogP contribution in [-0.2, 0) is 65.4 Å². The maximum Gasteiger partial charge on any atom is 0.472 e. The van der Waals surface area contributed by atoms with Crippen molar-refractivity contribution in [2.24, 2.45) is 5.92 Å². The summed E-state index contributed by atoms with van der Waals surface area (Å²) in [6.45, 7) is 7.22. The van der Waals surface area contributed by atoms with Gasteiger partial charge in [0.15, 0.2) is 12.2 Å². The van der Waals surface area contributed by atoms with Crippen LogP contribution in [0, 0.1) is 5.92 Å². The molecule has 19 heteroatoms. The summed E-state index contributed by atoms with van der Waals surface area (Å²) in [6.07, 6.45) is 50.0. The van der Waals surface area contributed by atoms with Crippen LogP contribution in [0.4, 0.5) is 0 Å². The summed E-state index contributed by atoms with van der Waals surface area (Å²) < 4.78 is 68.2. The molecule has 17 nitrogen and oxygen atoms in total. The van der Waals surface area contributed by atoms with Crippen molar-refractivity contribution in [2.45, 2.75) is 380 Å². The quantitative estimate of drug-likeness (QED) is 0.0222. The average Bonchev–Trinajstić information content (AvgIpc) is 3.55. The second-order valence-electron chi connectivity index (χ2n) is 25.7. The molecule has 0 saturated heterocycles. The Balaban J connectivity index is 5.19. The first-order valence-corrected chi connectivity index (χ1v) is 39.6. The number of phosphoric acid groups is 2. The van der Waals surface area contributed by atoms with Crippen LogP contribution in [0.1, 0.15) is 362 Å². The molecule has 0 rings (SSSR count). The highest BCUT2D eigenvalue weighted by Gasteiger charge is 2.30. The zero-order valence-corrected chi connectivity index (χ0v) is 59.4. The number of aliphatic hydroxyl groups is 1. The Hall–Kier alpha value is -1.94. The van der Waals surface area contributed by atoms with Gasteiger partial charge in [0.05, 0.1) is 26.4 Å². The fourth-order valence-electron chi connectivity index (χ4n) is 10.6. The van der Waals surface area contributed by atoms with Gasteiger partial charge in [-0.3, -0.25) is 37.3 Å². The highest BCUT2D eigenvalue weighted by atomic mass is 31.2. The molecule has 0 aromatic heterocycles. The van der Waals surface area contributed by atoms with E-state index in [0.29, 0.717) is 25.7 Å². The molecule has 0 amide bonds. The van der Waals surface area contributed by atoms with E-state index >= 15 is 0 Å². The monoisotopic (exact) mass is 1310 g/mol. The minimum Gasteiger partial charge on any atom is -0.462 e. The van der Waals surface area contributed by atoms with Gasteiger partial charge in [0.25, 0.3) is 0 Å². The van der Waals surface area contributed by atoms with E-state index in [2.05, 4.69) is 34.6 Å². The smallest absolute Gasteiger partial charge is 0.462 e. The molecule has 0 heterocycles. The van der Waals surface area contributed by atoms with Gasteiger partial charge < -0.3 is 33.8 Å². The Morgan fingerprint density at radius 2 is 0.517 bits per heavy atom. The minimum absolute atomic E-state index is 0.106. The van der Waals surface area contributed by atoms with Crippen LogP contribution < -0.4 is 0 Å². The van der Waals surface area contributed by atoms with Gasteiger partial charge >= 0.3 is 39.5 Å². The lowest BCUT2D eigenvalue weighted by Crippen LogP contribution is -2.30. The van der Waals surface area contributed by atoms with Gasteiger partial charge in [-0.2, -0.15) is 0 Å². The third kappa shape index (κ3) is 64.6. The van der Waals surface area contributed by atoms with Crippen molar-refractivity contribution in [3.63, 3.8) is 0 Å². The van der Waals surface area contributed by atoms with Gasteiger partial charge in [-0.05, 0) is 31.6 Å². The van der Waals surface area contributed by atoms with Gasteiger partial charge in [-0.25, -0.2) is 9.13 Å². The van der Waals surface area contributed by atoms with Crippen molar-refractivity contribution in [1.82, 2.24) is 0 Å². The SMILES string of the molecule is CCCCCCCCCCCCCCCCCC(=O)OC[C@H](COP(=O)(O)OC[C@@H](O)COP(=O)(O)OC[C@@H](COC(=O)CCCCCCCCC)OC(=O)CCCCCCCCCCCC)OC(=O)CCCCCCCCCCCCCCCCC(C)C. The van der Waals surface area contributed by atoms with Crippen LogP contribution in [0.5, 0.6) is 0 Å². The number of hydrogen-bond acceptors (Lipinski definition) is 15. The lowest BCUT2D eigenvalue weighted by molar-refractivity contribution is -0.161. The zero-order chi connectivity index (χ0) is 65.6. The van der Waals surface area contributed by atoms with Crippen LogP contribution >= 0.6 is 15.6 Å². The second-order valence-corrected chi connectivity index (χ2v) is 28.7. The van der Waals surface area contributed by atoms with Crippen molar-refractivity contribution < 1.29 is 80.2 Å². The normalized spacial score (nSPS) is 14.1. The molecule has 0 fully saturated rings. The number of unbranched alkanes of at least 4 members (excludes halogenated alkanes) is 42. The topological polar surface area (TPSA) is 237 Å². The largest absolute Gasteiger partial charge is 0.472 e. The molecular formula is C70H136O17P2. The highest BCUT2D eigenvalue weighted by Crippen LogP contribution is 2.45. The predicted molar refractivity (Wildman–Crippen MR) is 358 cm³/mol. The number of aliphatic hydroxyl groups excluding tert-OH is 1. The molecule has 0 aliphatic carbocycles. The number of ether oxygens (including phenoxy) is 4. The lowest BCUT2D eigenvalue weighted by Gasteiger charge is -2.21. The van der Waals surface area contributed by atoms with E-state index in [0.717, 1.165) is 109 Å². The summed E-state index contributed by atoms with van der Waals surface area (Å²) in [5.41, 5.74) is 0. The lowest BCUT2D eigenvalue weighted by atomic mass is 10.0. The molecule has 0 aromatic rings. The molecule has 2 unspecified atom stereocenters. The molecule has 0 aliphatic heterocycles. The van der Waals surface area contributed by atoms with E-state index in [1.807, 2.05) is 0 Å². The van der Waals surface area contributed by atoms with Crippen LogP contribution in [0.2, 0.25) is 0 Å². The number of phosphoric ester groups is 2. The average molecular weight is 1310 g/mol. The Kier molecular flexibility index (Phi) is 62.1. The fraction of sp³-hybridized carbons (Fsp3) is 0.943. The van der Waals surface area contributed by atoms with E-state index in [-0.39, 0.29) is 25.7 Å². The maximum absolute atomic E-state index is 13.0. The van der Waals surface area contributed by atoms with Crippen LogP contribution in [0.3, 0.4) is 0 Å². The molecule has 528 valence electrons. The van der Waals surface area contributed by atoms with Crippen molar-refractivity contribution in [1.29, 1.82) is 0 Å². The molecular weight excluding hydrogens is 1170 g/mol. The molecule has 5 atom stereocenters. The summed E-state index contributed by atoms with van der Waals surface area (Å²) in [5, 5.41) is 10.6. The van der Waals surface area contributed by atoms with E-state index in [9.17, 15) is 43.2 Å². The van der Waals surface area contributed by atoms with Crippen LogP contribution in [0.25, 0.3) is 0 Å². The van der Waals surface area contributed by atoms with E-state index in [1.54, 1.807) is 0 Å². The van der Waals surface area contributed by atoms with Gasteiger partial charge in [0.1, 0.15) is 19.3 Å². The van der Waals surface area contributed by atoms with Crippen LogP contribution in [-0.4, -0.2) is 96.7 Å². The van der Waals surface area contributed by atoms with Gasteiger partial charge in [-0.1, -0.05) is 311 Å². The van der Waals surface area contributed by atoms with E-state index in [1.165, 1.54) is 173 Å². The van der Waals surface area contributed by atoms with E-state index < -0.39 is 97.5 Å². The van der Waals surface area contributed by atoms with Gasteiger partial charge in [0.2, 0.25) is 0 Å². The maximum atomic E-state index is 13.0. The molecule has 0 radical (unpaired) electrons. The van der Waals surface area contributed by atoms with Gasteiger partial charge in [0, 0.05) is 25.7 Å². The Morgan fingerprint density at radius 1 is 0.303 bits per heavy atom. The van der Waals surface area contributed by atoms with Crippen LogP contribution in [0.15, 0.2) is 0 Å². The predicted octanol–water partition coefficient (Wildman–Crippen LogP) is 20.1. The third-order valence-corrected chi connectivity index (χ3v) is 18.2. The Bertz CT molecular complexity index is 1720. The number of hydrogen-bond donors (Lipinski definition) is 3. The third-order valence-electron chi connectivity index (χ3n) is 16.3. The molecule has 0 aromatic carbocycles. The number of rotatable bonds is 70. The summed E-state index contributed by atoms with van der Waals surface area (Å²) in [7, 11) is -9.89. The first-order chi connectivity index (χ1) is 43.0. The standard InChI is InChI=1S/C70H136O17P2/c1-6-9-12-15-18-20-22-23-24-28-31-35-39-44-49-54-68(73)81-60-66(87-70(75)56-51-46-41-36-32-29-26-25-27-30-33-38-42-47-52-63(4)5)62-85-89(78,79)83-58-64(71)57-82-88(76,77)84-61-65(59-80-67(72)53-48-43-37-17-14-11-8-3)86-69(74)55-50-45-40-34-21-19-16-13-10-7-2/h63-66,71H,6-62H2,1-5H3,(H,76,77)(H,78,79)/t64-,65+,66+/m0/s1. The molecule has 0 spiro atoms. The van der Waals surface area contributed by atoms with Crippen molar-refractivity contribution in [3.8, 4) is 0 Å². The minimum atomic E-state index is -4.95. The van der Waals surface area contributed by atoms with Crippen molar-refractivity contribution >= 4 is 39.5 Å². The summed E-state index contributed by atoms with van der Waals surface area (Å²) in [4.78, 5) is 72.4. The zero-order valence-electron chi connectivity index (χ0n) is 57.6. The summed E-state index contributed by atoms with van der Waals surface area (Å²) >= 11 is 0. The first kappa shape index (κ1) is 87.1. The van der Waals surface area contributed by atoms with E-state index in [4.69, 9.17) is 37.0 Å². The summed E-state index contributed by atoms with van der Waals surface area (Å²) in [6, 6.07) is 0. The first-order valence-electron chi connectivity index (χ1n) is 36.6. The Morgan fingerprint density at radius 3 is 0.764 bits per heavy atom.